The van der Waals surface area contributed by atoms with Gasteiger partial charge in [0.25, 0.3) is 0 Å². The second kappa shape index (κ2) is 4.74. The minimum absolute atomic E-state index is 0.0377. The zero-order valence-corrected chi connectivity index (χ0v) is 10.4. The van der Waals surface area contributed by atoms with E-state index in [4.69, 9.17) is 5.73 Å². The van der Waals surface area contributed by atoms with E-state index in [1.54, 1.807) is 18.2 Å². The number of nitrogens with two attached hydrogens (primary N) is 1. The molecule has 19 heavy (non-hydrogen) atoms. The second-order valence-electron chi connectivity index (χ2n) is 4.52. The van der Waals surface area contributed by atoms with Gasteiger partial charge in [0.2, 0.25) is 0 Å². The first kappa shape index (κ1) is 11.7. The molecule has 3 aromatic rings. The molecule has 4 N–H and O–H groups in total. The molecule has 0 saturated heterocycles. The van der Waals surface area contributed by atoms with E-state index in [0.717, 1.165) is 22.4 Å². The SMILES string of the molecule is NCC(c1ccccc1)c1nc2ccc(O)cc2[nH]1. The van der Waals surface area contributed by atoms with Crippen LogP contribution in [0.5, 0.6) is 5.75 Å². The highest BCUT2D eigenvalue weighted by atomic mass is 16.3. The van der Waals surface area contributed by atoms with Crippen LogP contribution in [0.3, 0.4) is 0 Å². The first-order valence-corrected chi connectivity index (χ1v) is 6.21. The van der Waals surface area contributed by atoms with Crippen LogP contribution >= 0.6 is 0 Å². The minimum Gasteiger partial charge on any atom is -0.508 e. The summed E-state index contributed by atoms with van der Waals surface area (Å²) >= 11 is 0. The van der Waals surface area contributed by atoms with E-state index < -0.39 is 0 Å². The smallest absolute Gasteiger partial charge is 0.117 e. The molecule has 0 aliphatic carbocycles. The van der Waals surface area contributed by atoms with Gasteiger partial charge in [-0.3, -0.25) is 0 Å². The van der Waals surface area contributed by atoms with E-state index in [-0.39, 0.29) is 11.7 Å². The number of benzene rings is 2. The monoisotopic (exact) mass is 253 g/mol. The summed E-state index contributed by atoms with van der Waals surface area (Å²) in [6.07, 6.45) is 0. The van der Waals surface area contributed by atoms with Gasteiger partial charge in [0.05, 0.1) is 17.0 Å². The number of rotatable bonds is 3. The Morgan fingerprint density at radius 1 is 1.16 bits per heavy atom. The molecular formula is C15H15N3O. The average molecular weight is 253 g/mol. The van der Waals surface area contributed by atoms with Crippen LogP contribution in [-0.4, -0.2) is 21.6 Å². The standard InChI is InChI=1S/C15H15N3O/c16-9-12(10-4-2-1-3-5-10)15-17-13-7-6-11(19)8-14(13)18-15/h1-8,12,19H,9,16H2,(H,17,18). The van der Waals surface area contributed by atoms with Crippen LogP contribution in [0, 0.1) is 0 Å². The van der Waals surface area contributed by atoms with Crippen LogP contribution < -0.4 is 5.73 Å². The summed E-state index contributed by atoms with van der Waals surface area (Å²) in [5, 5.41) is 9.48. The average Bonchev–Trinajstić information content (AvgIpc) is 2.83. The van der Waals surface area contributed by atoms with Crippen molar-refractivity contribution in [1.82, 2.24) is 9.97 Å². The number of H-pyrrole nitrogens is 1. The van der Waals surface area contributed by atoms with Gasteiger partial charge in [-0.15, -0.1) is 0 Å². The molecule has 1 heterocycles. The molecule has 96 valence electrons. The lowest BCUT2D eigenvalue weighted by atomic mass is 9.99. The second-order valence-corrected chi connectivity index (χ2v) is 4.52. The van der Waals surface area contributed by atoms with Crippen molar-refractivity contribution in [2.45, 2.75) is 5.92 Å². The molecule has 2 aromatic carbocycles. The Morgan fingerprint density at radius 2 is 1.95 bits per heavy atom. The van der Waals surface area contributed by atoms with E-state index in [2.05, 4.69) is 9.97 Å². The molecule has 0 spiro atoms. The summed E-state index contributed by atoms with van der Waals surface area (Å²) in [6.45, 7) is 0.482. The summed E-state index contributed by atoms with van der Waals surface area (Å²) in [6, 6.07) is 15.2. The van der Waals surface area contributed by atoms with E-state index in [1.165, 1.54) is 0 Å². The Bertz CT molecular complexity index is 691. The highest BCUT2D eigenvalue weighted by molar-refractivity contribution is 5.76. The summed E-state index contributed by atoms with van der Waals surface area (Å²) in [4.78, 5) is 7.79. The predicted octanol–water partition coefficient (Wildman–Crippen LogP) is 2.36. The third kappa shape index (κ3) is 2.18. The lowest BCUT2D eigenvalue weighted by molar-refractivity contribution is 0.476. The third-order valence-corrected chi connectivity index (χ3v) is 3.25. The van der Waals surface area contributed by atoms with Crippen molar-refractivity contribution in [2.75, 3.05) is 6.54 Å². The molecule has 0 bridgehead atoms. The number of fused-ring (bicyclic) bond motifs is 1. The van der Waals surface area contributed by atoms with Crippen molar-refractivity contribution in [3.05, 3.63) is 59.9 Å². The third-order valence-electron chi connectivity index (χ3n) is 3.25. The Labute approximate surface area is 110 Å². The molecule has 1 unspecified atom stereocenters. The summed E-state index contributed by atoms with van der Waals surface area (Å²) in [5.74, 6) is 1.09. The van der Waals surface area contributed by atoms with Gasteiger partial charge in [-0.05, 0) is 17.7 Å². The molecule has 0 saturated carbocycles. The van der Waals surface area contributed by atoms with E-state index in [9.17, 15) is 5.11 Å². The molecule has 0 fully saturated rings. The minimum atomic E-state index is 0.0377. The predicted molar refractivity (Wildman–Crippen MR) is 75.1 cm³/mol. The Balaban J connectivity index is 2.07. The number of nitrogens with zero attached hydrogens (tertiary/aromatic N) is 1. The van der Waals surface area contributed by atoms with E-state index in [0.29, 0.717) is 6.54 Å². The number of hydrogen-bond acceptors (Lipinski definition) is 3. The number of aromatic amines is 1. The molecule has 4 heteroatoms. The molecule has 3 rings (SSSR count). The summed E-state index contributed by atoms with van der Waals surface area (Å²) in [7, 11) is 0. The quantitative estimate of drug-likeness (QED) is 0.670. The normalized spacial score (nSPS) is 12.7. The van der Waals surface area contributed by atoms with Gasteiger partial charge in [-0.2, -0.15) is 0 Å². The van der Waals surface area contributed by atoms with Gasteiger partial charge < -0.3 is 15.8 Å². The summed E-state index contributed by atoms with van der Waals surface area (Å²) < 4.78 is 0. The molecule has 0 aliphatic rings. The summed E-state index contributed by atoms with van der Waals surface area (Å²) in [5.41, 5.74) is 8.67. The lowest BCUT2D eigenvalue weighted by Gasteiger charge is -2.11. The number of hydrogen-bond donors (Lipinski definition) is 3. The topological polar surface area (TPSA) is 74.9 Å². The van der Waals surface area contributed by atoms with Crippen LogP contribution in [0.1, 0.15) is 17.3 Å². The maximum Gasteiger partial charge on any atom is 0.117 e. The van der Waals surface area contributed by atoms with Crippen LogP contribution in [0.2, 0.25) is 0 Å². The largest absolute Gasteiger partial charge is 0.508 e. The molecular weight excluding hydrogens is 238 g/mol. The molecule has 0 amide bonds. The number of nitrogens with one attached hydrogen (secondary N) is 1. The van der Waals surface area contributed by atoms with Crippen molar-refractivity contribution < 1.29 is 5.11 Å². The van der Waals surface area contributed by atoms with Gasteiger partial charge >= 0.3 is 0 Å². The van der Waals surface area contributed by atoms with Crippen molar-refractivity contribution in [3.8, 4) is 5.75 Å². The Hall–Kier alpha value is -2.33. The molecule has 0 radical (unpaired) electrons. The van der Waals surface area contributed by atoms with Crippen molar-refractivity contribution >= 4 is 11.0 Å². The van der Waals surface area contributed by atoms with Crippen molar-refractivity contribution in [1.29, 1.82) is 0 Å². The highest BCUT2D eigenvalue weighted by Gasteiger charge is 2.16. The van der Waals surface area contributed by atoms with Gasteiger partial charge in [0.15, 0.2) is 0 Å². The molecule has 4 nitrogen and oxygen atoms in total. The van der Waals surface area contributed by atoms with Crippen LogP contribution in [-0.2, 0) is 0 Å². The number of aromatic nitrogens is 2. The first-order valence-electron chi connectivity index (χ1n) is 6.21. The fourth-order valence-corrected chi connectivity index (χ4v) is 2.27. The van der Waals surface area contributed by atoms with Crippen molar-refractivity contribution in [2.24, 2.45) is 5.73 Å². The number of phenols is 1. The van der Waals surface area contributed by atoms with E-state index in [1.807, 2.05) is 30.3 Å². The van der Waals surface area contributed by atoms with Gasteiger partial charge in [0.1, 0.15) is 11.6 Å². The number of imidazole rings is 1. The number of aromatic hydroxyl groups is 1. The van der Waals surface area contributed by atoms with Crippen LogP contribution in [0.25, 0.3) is 11.0 Å². The molecule has 1 atom stereocenters. The van der Waals surface area contributed by atoms with Crippen LogP contribution in [0.15, 0.2) is 48.5 Å². The fourth-order valence-electron chi connectivity index (χ4n) is 2.27. The van der Waals surface area contributed by atoms with Crippen molar-refractivity contribution in [3.63, 3.8) is 0 Å². The highest BCUT2D eigenvalue weighted by Crippen LogP contribution is 2.25. The molecule has 1 aromatic heterocycles. The zero-order valence-electron chi connectivity index (χ0n) is 10.4. The van der Waals surface area contributed by atoms with Crippen LogP contribution in [0.4, 0.5) is 0 Å². The Kier molecular flexibility index (Phi) is 2.93. The maximum absolute atomic E-state index is 9.48. The maximum atomic E-state index is 9.48. The first-order chi connectivity index (χ1) is 9.28. The van der Waals surface area contributed by atoms with Gasteiger partial charge in [-0.25, -0.2) is 4.98 Å². The van der Waals surface area contributed by atoms with Gasteiger partial charge in [0, 0.05) is 12.6 Å². The number of phenolic OH excluding ortho intramolecular Hbond substituents is 1. The van der Waals surface area contributed by atoms with Gasteiger partial charge in [-0.1, -0.05) is 30.3 Å². The van der Waals surface area contributed by atoms with E-state index >= 15 is 0 Å². The fraction of sp³-hybridized carbons (Fsp3) is 0.133. The lowest BCUT2D eigenvalue weighted by Crippen LogP contribution is -2.15. The Morgan fingerprint density at radius 3 is 2.68 bits per heavy atom. The zero-order chi connectivity index (χ0) is 13.2. The molecule has 0 aliphatic heterocycles.